The standard InChI is InChI=1S/C22H21Cl2N3O2S/c1-29-18-11-6-5-10-17(18)26-14-7-15-27(22(26)30)21(20(23)24)25-19(28)13-12-16-8-3-2-4-9-16/h2-6,8-13H,7,14-15H2,1H3,(H,25,28). The Bertz CT molecular complexity index is 975. The molecule has 1 N–H and O–H groups in total. The molecule has 0 bridgehead atoms. The van der Waals surface area contributed by atoms with Gasteiger partial charge < -0.3 is 19.9 Å². The summed E-state index contributed by atoms with van der Waals surface area (Å²) in [7, 11) is 1.61. The number of amides is 1. The number of para-hydroxylation sites is 2. The molecule has 2 aromatic rings. The van der Waals surface area contributed by atoms with Crippen LogP contribution in [-0.2, 0) is 4.79 Å². The van der Waals surface area contributed by atoms with Gasteiger partial charge in [0.15, 0.2) is 5.11 Å². The van der Waals surface area contributed by atoms with Gasteiger partial charge in [0, 0.05) is 19.2 Å². The van der Waals surface area contributed by atoms with Gasteiger partial charge in [0.2, 0.25) is 5.91 Å². The lowest BCUT2D eigenvalue weighted by Gasteiger charge is -2.39. The predicted molar refractivity (Wildman–Crippen MR) is 127 cm³/mol. The minimum atomic E-state index is -0.357. The maximum absolute atomic E-state index is 12.5. The molecule has 1 saturated heterocycles. The maximum atomic E-state index is 12.5. The van der Waals surface area contributed by atoms with Crippen molar-refractivity contribution < 1.29 is 9.53 Å². The number of carbonyl (C=O) groups excluding carboxylic acids is 1. The van der Waals surface area contributed by atoms with Crippen LogP contribution in [0.3, 0.4) is 0 Å². The highest BCUT2D eigenvalue weighted by atomic mass is 35.5. The first-order valence-corrected chi connectivity index (χ1v) is 10.5. The van der Waals surface area contributed by atoms with E-state index in [1.165, 1.54) is 6.08 Å². The largest absolute Gasteiger partial charge is 0.495 e. The number of anilines is 1. The zero-order chi connectivity index (χ0) is 21.5. The van der Waals surface area contributed by atoms with Crippen LogP contribution < -0.4 is 15.0 Å². The number of nitrogens with zero attached hydrogens (tertiary/aromatic N) is 2. The van der Waals surface area contributed by atoms with Crippen molar-refractivity contribution >= 4 is 58.2 Å². The molecule has 8 heteroatoms. The summed E-state index contributed by atoms with van der Waals surface area (Å²) in [4.78, 5) is 16.2. The van der Waals surface area contributed by atoms with Crippen molar-refractivity contribution in [2.75, 3.05) is 25.1 Å². The van der Waals surface area contributed by atoms with Gasteiger partial charge in [-0.2, -0.15) is 0 Å². The molecule has 156 valence electrons. The molecule has 1 fully saturated rings. The van der Waals surface area contributed by atoms with Crippen molar-refractivity contribution in [3.63, 3.8) is 0 Å². The summed E-state index contributed by atoms with van der Waals surface area (Å²) in [5, 5.41) is 3.24. The molecule has 1 aliphatic rings. The van der Waals surface area contributed by atoms with Crippen molar-refractivity contribution in [3.8, 4) is 5.75 Å². The molecule has 5 nitrogen and oxygen atoms in total. The highest BCUT2D eigenvalue weighted by molar-refractivity contribution is 7.80. The van der Waals surface area contributed by atoms with Crippen molar-refractivity contribution in [1.82, 2.24) is 10.2 Å². The number of benzene rings is 2. The molecule has 1 heterocycles. The zero-order valence-corrected chi connectivity index (χ0v) is 18.7. The van der Waals surface area contributed by atoms with Gasteiger partial charge in [-0.3, -0.25) is 4.79 Å². The van der Waals surface area contributed by atoms with Gasteiger partial charge >= 0.3 is 0 Å². The van der Waals surface area contributed by atoms with Gasteiger partial charge in [-0.1, -0.05) is 65.7 Å². The Labute approximate surface area is 191 Å². The number of nitrogens with one attached hydrogen (secondary N) is 1. The Kier molecular flexibility index (Phi) is 7.74. The van der Waals surface area contributed by atoms with Crippen molar-refractivity contribution in [2.45, 2.75) is 6.42 Å². The number of carbonyl (C=O) groups is 1. The van der Waals surface area contributed by atoms with E-state index < -0.39 is 0 Å². The third-order valence-corrected chi connectivity index (χ3v) is 5.32. The lowest BCUT2D eigenvalue weighted by Crippen LogP contribution is -2.51. The lowest BCUT2D eigenvalue weighted by atomic mass is 10.2. The van der Waals surface area contributed by atoms with E-state index in [9.17, 15) is 4.79 Å². The van der Waals surface area contributed by atoms with E-state index in [-0.39, 0.29) is 16.2 Å². The summed E-state index contributed by atoms with van der Waals surface area (Å²) in [5.41, 5.74) is 1.75. The van der Waals surface area contributed by atoms with Gasteiger partial charge in [0.25, 0.3) is 0 Å². The quantitative estimate of drug-likeness (QED) is 0.488. The smallest absolute Gasteiger partial charge is 0.249 e. The fourth-order valence-electron chi connectivity index (χ4n) is 3.12. The third-order valence-electron chi connectivity index (χ3n) is 4.52. The second-order valence-electron chi connectivity index (χ2n) is 6.45. The van der Waals surface area contributed by atoms with Crippen molar-refractivity contribution in [1.29, 1.82) is 0 Å². The fourth-order valence-corrected chi connectivity index (χ4v) is 3.79. The van der Waals surface area contributed by atoms with E-state index in [0.717, 1.165) is 17.7 Å². The summed E-state index contributed by atoms with van der Waals surface area (Å²) in [6.07, 6.45) is 3.93. The molecular formula is C22H21Cl2N3O2S. The molecule has 0 radical (unpaired) electrons. The number of thiocarbonyl (C=S) groups is 1. The number of ether oxygens (including phenoxy) is 1. The average molecular weight is 462 g/mol. The highest BCUT2D eigenvalue weighted by Crippen LogP contribution is 2.31. The van der Waals surface area contributed by atoms with Gasteiger partial charge in [-0.05, 0) is 42.4 Å². The minimum absolute atomic E-state index is 0.0688. The molecule has 0 aliphatic carbocycles. The Morgan fingerprint density at radius 1 is 1.10 bits per heavy atom. The van der Waals surface area contributed by atoms with Gasteiger partial charge in [0.05, 0.1) is 12.8 Å². The van der Waals surface area contributed by atoms with Crippen LogP contribution in [0, 0.1) is 0 Å². The molecule has 30 heavy (non-hydrogen) atoms. The van der Waals surface area contributed by atoms with Crippen LogP contribution in [0.4, 0.5) is 5.69 Å². The van der Waals surface area contributed by atoms with Crippen LogP contribution in [0.25, 0.3) is 6.08 Å². The Balaban J connectivity index is 1.79. The highest BCUT2D eigenvalue weighted by Gasteiger charge is 2.29. The van der Waals surface area contributed by atoms with Crippen LogP contribution >= 0.6 is 35.4 Å². The molecule has 0 aromatic heterocycles. The molecule has 0 saturated carbocycles. The van der Waals surface area contributed by atoms with E-state index in [1.54, 1.807) is 18.1 Å². The first kappa shape index (κ1) is 22.2. The van der Waals surface area contributed by atoms with Gasteiger partial charge in [-0.15, -0.1) is 0 Å². The molecule has 1 aliphatic heterocycles. The summed E-state index contributed by atoms with van der Waals surface area (Å²) in [5.74, 6) is 0.606. The fraction of sp³-hybridized carbons (Fsp3) is 0.182. The minimum Gasteiger partial charge on any atom is -0.495 e. The Hall–Kier alpha value is -2.54. The van der Waals surface area contributed by atoms with E-state index in [4.69, 9.17) is 40.2 Å². The molecular weight excluding hydrogens is 441 g/mol. The second-order valence-corrected chi connectivity index (χ2v) is 7.77. The summed E-state index contributed by atoms with van der Waals surface area (Å²) < 4.78 is 5.40. The molecule has 0 unspecified atom stereocenters. The van der Waals surface area contributed by atoms with E-state index in [1.807, 2.05) is 59.5 Å². The van der Waals surface area contributed by atoms with Gasteiger partial charge in [-0.25, -0.2) is 0 Å². The first-order chi connectivity index (χ1) is 14.5. The van der Waals surface area contributed by atoms with Crippen LogP contribution in [-0.4, -0.2) is 36.1 Å². The monoisotopic (exact) mass is 461 g/mol. The van der Waals surface area contributed by atoms with E-state index in [2.05, 4.69) is 5.32 Å². The number of hydrogen-bond donors (Lipinski definition) is 1. The van der Waals surface area contributed by atoms with Crippen LogP contribution in [0.1, 0.15) is 12.0 Å². The van der Waals surface area contributed by atoms with Crippen molar-refractivity contribution in [2.24, 2.45) is 0 Å². The van der Waals surface area contributed by atoms with Crippen molar-refractivity contribution in [3.05, 3.63) is 76.5 Å². The summed E-state index contributed by atoms with van der Waals surface area (Å²) in [6, 6.07) is 17.1. The number of hydrogen-bond acceptors (Lipinski definition) is 3. The summed E-state index contributed by atoms with van der Waals surface area (Å²) in [6.45, 7) is 1.29. The maximum Gasteiger partial charge on any atom is 0.249 e. The number of rotatable bonds is 6. The van der Waals surface area contributed by atoms with Crippen LogP contribution in [0.15, 0.2) is 71.0 Å². The Morgan fingerprint density at radius 3 is 2.50 bits per heavy atom. The average Bonchev–Trinajstić information content (AvgIpc) is 2.77. The number of methoxy groups -OCH3 is 1. The SMILES string of the molecule is COc1ccccc1N1CCCN(C(NC(=O)C=Cc2ccccc2)=C(Cl)Cl)C1=S. The zero-order valence-electron chi connectivity index (χ0n) is 16.3. The topological polar surface area (TPSA) is 44.8 Å². The van der Waals surface area contributed by atoms with Crippen LogP contribution in [0.5, 0.6) is 5.75 Å². The molecule has 3 rings (SSSR count). The number of halogens is 2. The first-order valence-electron chi connectivity index (χ1n) is 9.32. The molecule has 1 amide bonds. The van der Waals surface area contributed by atoms with E-state index >= 15 is 0 Å². The molecule has 2 aromatic carbocycles. The van der Waals surface area contributed by atoms with Crippen LogP contribution in [0.2, 0.25) is 0 Å². The lowest BCUT2D eigenvalue weighted by molar-refractivity contribution is -0.116. The molecule has 0 spiro atoms. The second kappa shape index (κ2) is 10.5. The predicted octanol–water partition coefficient (Wildman–Crippen LogP) is 4.93. The van der Waals surface area contributed by atoms with Gasteiger partial charge in [0.1, 0.15) is 16.1 Å². The third kappa shape index (κ3) is 5.33. The van der Waals surface area contributed by atoms with E-state index in [0.29, 0.717) is 24.0 Å². The summed E-state index contributed by atoms with van der Waals surface area (Å²) >= 11 is 17.9. The Morgan fingerprint density at radius 2 is 1.80 bits per heavy atom. The molecule has 0 atom stereocenters. The normalized spacial score (nSPS) is 14.0.